The van der Waals surface area contributed by atoms with Crippen LogP contribution in [0.15, 0.2) is 24.3 Å². The molecule has 0 aliphatic heterocycles. The van der Waals surface area contributed by atoms with Crippen molar-refractivity contribution in [3.63, 3.8) is 0 Å². The lowest BCUT2D eigenvalue weighted by Crippen LogP contribution is -2.18. The monoisotopic (exact) mass is 220 g/mol. The number of ketones is 2. The van der Waals surface area contributed by atoms with Crippen molar-refractivity contribution in [3.05, 3.63) is 29.8 Å². The van der Waals surface area contributed by atoms with Gasteiger partial charge < -0.3 is 5.11 Å². The van der Waals surface area contributed by atoms with Crippen LogP contribution in [-0.4, -0.2) is 16.7 Å². The molecule has 1 aromatic carbocycles. The Labute approximate surface area is 95.1 Å². The molecule has 1 aromatic rings. The van der Waals surface area contributed by atoms with Gasteiger partial charge in [0.2, 0.25) is 0 Å². The third-order valence-corrected chi connectivity index (χ3v) is 2.69. The lowest BCUT2D eigenvalue weighted by atomic mass is 9.97. The van der Waals surface area contributed by atoms with Crippen molar-refractivity contribution >= 4 is 11.6 Å². The fourth-order valence-electron chi connectivity index (χ4n) is 1.37. The number of Topliss-reactive ketones (excluding diaryl/α,β-unsaturated/α-hetero) is 2. The highest BCUT2D eigenvalue weighted by Crippen LogP contribution is 2.12. The van der Waals surface area contributed by atoms with Crippen LogP contribution in [0.4, 0.5) is 0 Å². The Bertz CT molecular complexity index is 379. The molecular weight excluding hydrogens is 204 g/mol. The highest BCUT2D eigenvalue weighted by Gasteiger charge is 2.16. The molecule has 0 bridgehead atoms. The van der Waals surface area contributed by atoms with Gasteiger partial charge in [-0.1, -0.05) is 12.1 Å². The van der Waals surface area contributed by atoms with Gasteiger partial charge in [-0.15, -0.1) is 0 Å². The number of phenols is 1. The highest BCUT2D eigenvalue weighted by molar-refractivity contribution is 6.00. The van der Waals surface area contributed by atoms with E-state index in [9.17, 15) is 9.59 Å². The zero-order valence-corrected chi connectivity index (χ0v) is 9.56. The summed E-state index contributed by atoms with van der Waals surface area (Å²) in [7, 11) is 0. The minimum Gasteiger partial charge on any atom is -0.508 e. The molecule has 3 heteroatoms. The average molecular weight is 220 g/mol. The van der Waals surface area contributed by atoms with Crippen molar-refractivity contribution in [1.29, 1.82) is 0 Å². The van der Waals surface area contributed by atoms with Crippen LogP contribution in [0.3, 0.4) is 0 Å². The molecule has 0 saturated heterocycles. The second kappa shape index (κ2) is 5.45. The zero-order valence-electron chi connectivity index (χ0n) is 9.56. The van der Waals surface area contributed by atoms with E-state index < -0.39 is 5.92 Å². The number of carbonyl (C=O) groups is 2. The van der Waals surface area contributed by atoms with Gasteiger partial charge in [-0.25, -0.2) is 0 Å². The Morgan fingerprint density at radius 1 is 1.25 bits per heavy atom. The molecule has 86 valence electrons. The molecule has 0 aromatic heterocycles. The maximum atomic E-state index is 11.6. The molecule has 3 nitrogen and oxygen atoms in total. The minimum atomic E-state index is -0.503. The largest absolute Gasteiger partial charge is 0.508 e. The van der Waals surface area contributed by atoms with Crippen LogP contribution >= 0.6 is 0 Å². The number of hydrogen-bond acceptors (Lipinski definition) is 3. The number of hydrogen-bond donors (Lipinski definition) is 1. The van der Waals surface area contributed by atoms with Crippen LogP contribution in [0.2, 0.25) is 0 Å². The fraction of sp³-hybridized carbons (Fsp3) is 0.385. The van der Waals surface area contributed by atoms with Crippen LogP contribution in [-0.2, 0) is 16.0 Å². The summed E-state index contributed by atoms with van der Waals surface area (Å²) < 4.78 is 0. The van der Waals surface area contributed by atoms with Crippen molar-refractivity contribution in [3.8, 4) is 5.75 Å². The number of phenolic OH excluding ortho intramolecular Hbond substituents is 1. The van der Waals surface area contributed by atoms with Crippen LogP contribution in [0.1, 0.15) is 25.8 Å². The Morgan fingerprint density at radius 2 is 1.81 bits per heavy atom. The van der Waals surface area contributed by atoms with Gasteiger partial charge in [-0.05, 0) is 38.0 Å². The lowest BCUT2D eigenvalue weighted by Gasteiger charge is -2.06. The highest BCUT2D eigenvalue weighted by atomic mass is 16.3. The minimum absolute atomic E-state index is 0.0272. The SMILES string of the molecule is CC(=O)C(C)C(=O)CCc1ccc(O)cc1. The average Bonchev–Trinajstić information content (AvgIpc) is 2.26. The molecule has 1 atom stereocenters. The van der Waals surface area contributed by atoms with Crippen LogP contribution in [0.5, 0.6) is 5.75 Å². The number of aromatic hydroxyl groups is 1. The maximum Gasteiger partial charge on any atom is 0.143 e. The third-order valence-electron chi connectivity index (χ3n) is 2.69. The summed E-state index contributed by atoms with van der Waals surface area (Å²) in [6.45, 7) is 3.07. The summed E-state index contributed by atoms with van der Waals surface area (Å²) in [5.74, 6) is -0.402. The molecule has 0 fully saturated rings. The van der Waals surface area contributed by atoms with Crippen molar-refractivity contribution in [2.24, 2.45) is 5.92 Å². The molecule has 1 N–H and O–H groups in total. The predicted octanol–water partition coefficient (Wildman–Crippen LogP) is 2.12. The van der Waals surface area contributed by atoms with Gasteiger partial charge >= 0.3 is 0 Å². The molecule has 0 aliphatic carbocycles. The van der Waals surface area contributed by atoms with E-state index >= 15 is 0 Å². The van der Waals surface area contributed by atoms with E-state index in [1.54, 1.807) is 31.2 Å². The molecular formula is C13H16O3. The van der Waals surface area contributed by atoms with Crippen molar-refractivity contribution < 1.29 is 14.7 Å². The molecule has 0 aliphatic rings. The number of aryl methyl sites for hydroxylation is 1. The van der Waals surface area contributed by atoms with Gasteiger partial charge in [0.15, 0.2) is 0 Å². The Morgan fingerprint density at radius 3 is 2.31 bits per heavy atom. The number of rotatable bonds is 5. The number of carbonyl (C=O) groups excluding carboxylic acids is 2. The summed E-state index contributed by atoms with van der Waals surface area (Å²) in [6, 6.07) is 6.74. The Kier molecular flexibility index (Phi) is 4.23. The summed E-state index contributed by atoms with van der Waals surface area (Å²) in [6.07, 6.45) is 0.974. The first-order chi connectivity index (χ1) is 7.50. The van der Waals surface area contributed by atoms with Gasteiger partial charge in [-0.2, -0.15) is 0 Å². The molecule has 1 rings (SSSR count). The zero-order chi connectivity index (χ0) is 12.1. The van der Waals surface area contributed by atoms with E-state index in [0.29, 0.717) is 12.8 Å². The first kappa shape index (κ1) is 12.4. The molecule has 0 radical (unpaired) electrons. The molecule has 0 heterocycles. The fourth-order valence-corrected chi connectivity index (χ4v) is 1.37. The van der Waals surface area contributed by atoms with Crippen molar-refractivity contribution in [2.45, 2.75) is 26.7 Å². The summed E-state index contributed by atoms with van der Waals surface area (Å²) in [5.41, 5.74) is 0.988. The van der Waals surface area contributed by atoms with E-state index in [0.717, 1.165) is 5.56 Å². The lowest BCUT2D eigenvalue weighted by molar-refractivity contribution is -0.130. The smallest absolute Gasteiger partial charge is 0.143 e. The van der Waals surface area contributed by atoms with Gasteiger partial charge in [0.25, 0.3) is 0 Å². The van der Waals surface area contributed by atoms with Gasteiger partial charge in [-0.3, -0.25) is 9.59 Å². The molecule has 0 amide bonds. The summed E-state index contributed by atoms with van der Waals surface area (Å²) in [5, 5.41) is 9.08. The van der Waals surface area contributed by atoms with Gasteiger partial charge in [0.1, 0.15) is 17.3 Å². The van der Waals surface area contributed by atoms with Gasteiger partial charge in [0.05, 0.1) is 5.92 Å². The van der Waals surface area contributed by atoms with Crippen LogP contribution in [0.25, 0.3) is 0 Å². The standard InChI is InChI=1S/C13H16O3/c1-9(10(2)14)13(16)8-5-11-3-6-12(15)7-4-11/h3-4,6-7,9,15H,5,8H2,1-2H3. The summed E-state index contributed by atoms with van der Waals surface area (Å²) >= 11 is 0. The maximum absolute atomic E-state index is 11.6. The van der Waals surface area contributed by atoms with E-state index in [2.05, 4.69) is 0 Å². The Balaban J connectivity index is 2.49. The van der Waals surface area contributed by atoms with E-state index in [-0.39, 0.29) is 17.3 Å². The predicted molar refractivity (Wildman–Crippen MR) is 61.3 cm³/mol. The van der Waals surface area contributed by atoms with Gasteiger partial charge in [0, 0.05) is 6.42 Å². The molecule has 0 spiro atoms. The van der Waals surface area contributed by atoms with Crippen LogP contribution in [0, 0.1) is 5.92 Å². The quantitative estimate of drug-likeness (QED) is 0.773. The van der Waals surface area contributed by atoms with Crippen molar-refractivity contribution in [1.82, 2.24) is 0 Å². The first-order valence-corrected chi connectivity index (χ1v) is 5.32. The molecule has 1 unspecified atom stereocenters. The van der Waals surface area contributed by atoms with E-state index in [1.807, 2.05) is 0 Å². The third kappa shape index (κ3) is 3.50. The van der Waals surface area contributed by atoms with E-state index in [1.165, 1.54) is 6.92 Å². The first-order valence-electron chi connectivity index (χ1n) is 5.32. The summed E-state index contributed by atoms with van der Waals surface area (Å²) in [4.78, 5) is 22.5. The van der Waals surface area contributed by atoms with E-state index in [4.69, 9.17) is 5.11 Å². The Hall–Kier alpha value is -1.64. The second-order valence-electron chi connectivity index (χ2n) is 3.97. The van der Waals surface area contributed by atoms with Crippen molar-refractivity contribution in [2.75, 3.05) is 0 Å². The second-order valence-corrected chi connectivity index (χ2v) is 3.97. The topological polar surface area (TPSA) is 54.4 Å². The number of benzene rings is 1. The molecule has 16 heavy (non-hydrogen) atoms. The van der Waals surface area contributed by atoms with Crippen LogP contribution < -0.4 is 0 Å². The normalized spacial score (nSPS) is 12.1. The molecule has 0 saturated carbocycles.